The summed E-state index contributed by atoms with van der Waals surface area (Å²) in [5.74, 6) is 0.00183. The van der Waals surface area contributed by atoms with Crippen LogP contribution in [0.4, 0.5) is 4.79 Å². The number of aliphatic hydroxyl groups excluding tert-OH is 2. The lowest BCUT2D eigenvalue weighted by Crippen LogP contribution is -2.50. The summed E-state index contributed by atoms with van der Waals surface area (Å²) in [4.78, 5) is 32.7. The molecule has 9 heteroatoms. The molecule has 1 aliphatic heterocycles. The maximum Gasteiger partial charge on any atom is 0.321 e. The largest absolute Gasteiger partial charge is 0.388 e. The molecular formula is C40H38N4O4S. The SMILES string of the molecule is O=C(Cc1cccs1)c1cccc(CN2C(=O)N(Cc3ccc4[nH]ncc4c3)[C@H](Cc3ccccc3)[C@H](O)[C@@H](O)[C@H]2Cc2ccccc2)c1. The van der Waals surface area contributed by atoms with E-state index in [1.54, 1.807) is 33.4 Å². The highest BCUT2D eigenvalue weighted by Crippen LogP contribution is 2.30. The minimum Gasteiger partial charge on any atom is -0.388 e. The summed E-state index contributed by atoms with van der Waals surface area (Å²) in [7, 11) is 0. The molecule has 0 saturated carbocycles. The van der Waals surface area contributed by atoms with Crippen LogP contribution in [-0.2, 0) is 32.4 Å². The topological polar surface area (TPSA) is 110 Å². The number of fused-ring (bicyclic) bond motifs is 1. The third-order valence-electron chi connectivity index (χ3n) is 9.38. The van der Waals surface area contributed by atoms with Crippen LogP contribution in [0.5, 0.6) is 0 Å². The van der Waals surface area contributed by atoms with E-state index in [2.05, 4.69) is 10.2 Å². The number of nitrogens with zero attached hydrogens (tertiary/aromatic N) is 3. The van der Waals surface area contributed by atoms with Crippen LogP contribution in [0.3, 0.4) is 0 Å². The van der Waals surface area contributed by atoms with Gasteiger partial charge in [0, 0.05) is 35.3 Å². The van der Waals surface area contributed by atoms with Gasteiger partial charge in [0.25, 0.3) is 0 Å². The predicted molar refractivity (Wildman–Crippen MR) is 191 cm³/mol. The zero-order chi connectivity index (χ0) is 33.7. The van der Waals surface area contributed by atoms with Gasteiger partial charge in [-0.3, -0.25) is 9.89 Å². The molecule has 248 valence electrons. The van der Waals surface area contributed by atoms with Gasteiger partial charge in [-0.1, -0.05) is 91.0 Å². The van der Waals surface area contributed by atoms with E-state index in [-0.39, 0.29) is 24.9 Å². The van der Waals surface area contributed by atoms with Crippen LogP contribution >= 0.6 is 11.3 Å². The van der Waals surface area contributed by atoms with Gasteiger partial charge in [0.1, 0.15) is 12.2 Å². The molecule has 3 N–H and O–H groups in total. The van der Waals surface area contributed by atoms with E-state index in [4.69, 9.17) is 0 Å². The van der Waals surface area contributed by atoms with Crippen molar-refractivity contribution in [2.24, 2.45) is 0 Å². The molecule has 7 rings (SSSR count). The van der Waals surface area contributed by atoms with Gasteiger partial charge in [-0.15, -0.1) is 11.3 Å². The van der Waals surface area contributed by atoms with Crippen molar-refractivity contribution in [3.8, 4) is 0 Å². The molecule has 0 aliphatic carbocycles. The smallest absolute Gasteiger partial charge is 0.321 e. The lowest BCUT2D eigenvalue weighted by molar-refractivity contribution is -0.0408. The lowest BCUT2D eigenvalue weighted by atomic mass is 9.90. The first kappa shape index (κ1) is 32.5. The van der Waals surface area contributed by atoms with Crippen molar-refractivity contribution in [3.05, 3.63) is 160 Å². The van der Waals surface area contributed by atoms with Crippen molar-refractivity contribution < 1.29 is 19.8 Å². The van der Waals surface area contributed by atoms with E-state index in [1.165, 1.54) is 0 Å². The number of nitrogens with one attached hydrogen (secondary N) is 1. The van der Waals surface area contributed by atoms with Crippen LogP contribution in [0, 0.1) is 0 Å². The number of H-pyrrole nitrogens is 1. The lowest BCUT2D eigenvalue weighted by Gasteiger charge is -2.36. The van der Waals surface area contributed by atoms with Crippen molar-refractivity contribution in [1.82, 2.24) is 20.0 Å². The number of aromatic amines is 1. The van der Waals surface area contributed by atoms with E-state index in [1.807, 2.05) is 115 Å². The maximum absolute atomic E-state index is 15.0. The van der Waals surface area contributed by atoms with Crippen molar-refractivity contribution in [2.45, 2.75) is 56.6 Å². The van der Waals surface area contributed by atoms with E-state index < -0.39 is 24.3 Å². The monoisotopic (exact) mass is 670 g/mol. The Morgan fingerprint density at radius 1 is 0.714 bits per heavy atom. The minimum absolute atomic E-state index is 0.00183. The number of rotatable bonds is 11. The molecule has 8 nitrogen and oxygen atoms in total. The number of ketones is 1. The zero-order valence-corrected chi connectivity index (χ0v) is 27.7. The van der Waals surface area contributed by atoms with Crippen molar-refractivity contribution in [1.29, 1.82) is 0 Å². The van der Waals surface area contributed by atoms with Crippen molar-refractivity contribution in [2.75, 3.05) is 0 Å². The summed E-state index contributed by atoms with van der Waals surface area (Å²) >= 11 is 1.55. The third kappa shape index (κ3) is 7.34. The highest BCUT2D eigenvalue weighted by Gasteiger charge is 2.46. The van der Waals surface area contributed by atoms with Crippen LogP contribution in [0.1, 0.15) is 37.5 Å². The fourth-order valence-electron chi connectivity index (χ4n) is 6.82. The number of aromatic nitrogens is 2. The quantitative estimate of drug-likeness (QED) is 0.138. The zero-order valence-electron chi connectivity index (χ0n) is 26.9. The predicted octanol–water partition coefficient (Wildman–Crippen LogP) is 6.43. The third-order valence-corrected chi connectivity index (χ3v) is 10.3. The van der Waals surface area contributed by atoms with E-state index >= 15 is 4.79 Å². The number of thiophene rings is 1. The molecule has 4 atom stereocenters. The first-order valence-electron chi connectivity index (χ1n) is 16.5. The van der Waals surface area contributed by atoms with Gasteiger partial charge < -0.3 is 20.0 Å². The molecule has 49 heavy (non-hydrogen) atoms. The first-order valence-corrected chi connectivity index (χ1v) is 17.4. The number of aliphatic hydroxyl groups is 2. The van der Waals surface area contributed by atoms with Crippen molar-refractivity contribution in [3.63, 3.8) is 0 Å². The number of benzene rings is 4. The molecule has 4 aromatic carbocycles. The first-order chi connectivity index (χ1) is 23.9. The van der Waals surface area contributed by atoms with Gasteiger partial charge in [0.05, 0.1) is 23.8 Å². The summed E-state index contributed by atoms with van der Waals surface area (Å²) in [5, 5.41) is 34.1. The van der Waals surface area contributed by atoms with E-state index in [0.29, 0.717) is 24.8 Å². The van der Waals surface area contributed by atoms with Gasteiger partial charge in [0.15, 0.2) is 5.78 Å². The molecule has 1 saturated heterocycles. The van der Waals surface area contributed by atoms with Crippen LogP contribution in [0.2, 0.25) is 0 Å². The molecule has 0 spiro atoms. The molecule has 2 aromatic heterocycles. The molecule has 6 aromatic rings. The number of carbonyl (C=O) groups excluding carboxylic acids is 2. The average molecular weight is 671 g/mol. The molecule has 1 fully saturated rings. The summed E-state index contributed by atoms with van der Waals surface area (Å²) in [5.41, 5.74) is 5.00. The number of amides is 2. The van der Waals surface area contributed by atoms with Gasteiger partial charge in [-0.05, 0) is 64.7 Å². The van der Waals surface area contributed by atoms with Gasteiger partial charge in [0.2, 0.25) is 0 Å². The van der Waals surface area contributed by atoms with Gasteiger partial charge >= 0.3 is 6.03 Å². The second-order valence-corrected chi connectivity index (χ2v) is 13.7. The fraction of sp³-hybridized carbons (Fsp3) is 0.225. The molecule has 0 bridgehead atoms. The Labute approximate surface area is 289 Å². The van der Waals surface area contributed by atoms with Crippen LogP contribution in [-0.4, -0.2) is 66.3 Å². The highest BCUT2D eigenvalue weighted by molar-refractivity contribution is 7.10. The van der Waals surface area contributed by atoms with Gasteiger partial charge in [-0.2, -0.15) is 5.10 Å². The summed E-state index contributed by atoms with van der Waals surface area (Å²) in [6.45, 7) is 0.366. The van der Waals surface area contributed by atoms with E-state index in [9.17, 15) is 15.0 Å². The minimum atomic E-state index is -1.25. The Bertz CT molecular complexity index is 2010. The molecule has 0 unspecified atom stereocenters. The highest BCUT2D eigenvalue weighted by atomic mass is 32.1. The molecule has 0 radical (unpaired) electrons. The van der Waals surface area contributed by atoms with Crippen molar-refractivity contribution >= 4 is 34.1 Å². The number of carbonyl (C=O) groups is 2. The second-order valence-electron chi connectivity index (χ2n) is 12.7. The molecular weight excluding hydrogens is 633 g/mol. The average Bonchev–Trinajstić information content (AvgIpc) is 3.82. The summed E-state index contributed by atoms with van der Waals surface area (Å²) in [6.07, 6.45) is 0.271. The van der Waals surface area contributed by atoms with Crippen LogP contribution < -0.4 is 0 Å². The Morgan fingerprint density at radius 2 is 1.33 bits per heavy atom. The van der Waals surface area contributed by atoms with Crippen LogP contribution in [0.25, 0.3) is 10.9 Å². The Morgan fingerprint density at radius 3 is 1.94 bits per heavy atom. The number of urea groups is 1. The van der Waals surface area contributed by atoms with E-state index in [0.717, 1.165) is 38.0 Å². The fourth-order valence-corrected chi connectivity index (χ4v) is 7.52. The summed E-state index contributed by atoms with van der Waals surface area (Å²) in [6, 6.07) is 34.9. The normalized spacial score (nSPS) is 19.7. The number of hydrogen-bond acceptors (Lipinski definition) is 6. The Balaban J connectivity index is 1.28. The molecule has 1 aliphatic rings. The molecule has 2 amide bonds. The second kappa shape index (κ2) is 14.6. The maximum atomic E-state index is 15.0. The Kier molecular flexibility index (Phi) is 9.65. The molecule has 3 heterocycles. The summed E-state index contributed by atoms with van der Waals surface area (Å²) < 4.78 is 0. The Hall–Kier alpha value is -5.09. The number of Topliss-reactive ketones (excluding diaryl/α,β-unsaturated/α-hetero) is 1. The standard InChI is InChI=1S/C40H38N4O4S/c45-37(23-33-15-8-18-49-33)31-14-7-13-29(19-31)25-43-35(21-27-9-3-1-4-10-27)38(46)39(47)36(22-28-11-5-2-6-12-28)44(40(43)48)26-30-16-17-34-32(20-30)24-41-42-34/h1-20,24,35-36,38-39,46-47H,21-23,25-26H2,(H,41,42)/t35-,36-,38+,39+/m1/s1. The van der Waals surface area contributed by atoms with Crippen LogP contribution in [0.15, 0.2) is 127 Å². The number of hydrogen-bond donors (Lipinski definition) is 3. The van der Waals surface area contributed by atoms with Gasteiger partial charge in [-0.25, -0.2) is 4.79 Å².